The van der Waals surface area contributed by atoms with Gasteiger partial charge in [0.05, 0.1) is 17.7 Å². The van der Waals surface area contributed by atoms with E-state index in [0.29, 0.717) is 11.6 Å². The van der Waals surface area contributed by atoms with E-state index in [2.05, 4.69) is 31.9 Å². The van der Waals surface area contributed by atoms with Gasteiger partial charge in [0.15, 0.2) is 5.16 Å². The van der Waals surface area contributed by atoms with Gasteiger partial charge < -0.3 is 9.55 Å². The van der Waals surface area contributed by atoms with Gasteiger partial charge in [-0.15, -0.1) is 21.5 Å². The van der Waals surface area contributed by atoms with Crippen molar-refractivity contribution in [3.63, 3.8) is 0 Å². The highest BCUT2D eigenvalue weighted by molar-refractivity contribution is 7.98. The molecule has 1 aliphatic rings. The van der Waals surface area contributed by atoms with Crippen LogP contribution in [0.3, 0.4) is 0 Å². The molecule has 0 bridgehead atoms. The minimum atomic E-state index is -0.0121. The number of thioether (sulfide) groups is 1. The van der Waals surface area contributed by atoms with Crippen molar-refractivity contribution in [3.05, 3.63) is 68.3 Å². The maximum absolute atomic E-state index is 12.6. The van der Waals surface area contributed by atoms with E-state index in [1.165, 1.54) is 16.0 Å². The average Bonchev–Trinajstić information content (AvgIpc) is 3.36. The standard InChI is InChI=1S/C20H19N5OS2/c1-12-23-24-20(25(12)10-13-6-3-2-4-7-13)27-11-16-21-18(26)17-14-8-5-9-15(14)28-19(17)22-16/h2-4,6-7H,5,8-11H2,1H3,(H,21,22,26). The number of benzene rings is 1. The first kappa shape index (κ1) is 17.6. The molecule has 0 atom stereocenters. The van der Waals surface area contributed by atoms with E-state index < -0.39 is 0 Å². The van der Waals surface area contributed by atoms with Crippen LogP contribution in [0.2, 0.25) is 0 Å². The van der Waals surface area contributed by atoms with E-state index in [0.717, 1.165) is 47.0 Å². The second kappa shape index (κ2) is 7.18. The summed E-state index contributed by atoms with van der Waals surface area (Å²) < 4.78 is 2.09. The summed E-state index contributed by atoms with van der Waals surface area (Å²) in [5.74, 6) is 2.12. The second-order valence-corrected chi connectivity index (χ2v) is 8.97. The number of H-pyrrole nitrogens is 1. The lowest BCUT2D eigenvalue weighted by molar-refractivity contribution is 0.688. The lowest BCUT2D eigenvalue weighted by Gasteiger charge is -2.08. The monoisotopic (exact) mass is 409 g/mol. The predicted octanol–water partition coefficient (Wildman–Crippen LogP) is 3.71. The molecule has 0 saturated carbocycles. The van der Waals surface area contributed by atoms with E-state index >= 15 is 0 Å². The van der Waals surface area contributed by atoms with Crippen molar-refractivity contribution in [1.82, 2.24) is 24.7 Å². The Morgan fingerprint density at radius 1 is 1.21 bits per heavy atom. The second-order valence-electron chi connectivity index (χ2n) is 6.94. The summed E-state index contributed by atoms with van der Waals surface area (Å²) in [7, 11) is 0. The fourth-order valence-corrected chi connectivity index (χ4v) is 5.80. The number of thiophene rings is 1. The quantitative estimate of drug-likeness (QED) is 0.509. The van der Waals surface area contributed by atoms with Crippen molar-refractivity contribution in [2.75, 3.05) is 0 Å². The zero-order valence-corrected chi connectivity index (χ0v) is 17.1. The van der Waals surface area contributed by atoms with Crippen LogP contribution < -0.4 is 5.56 Å². The van der Waals surface area contributed by atoms with Gasteiger partial charge in [0, 0.05) is 4.88 Å². The zero-order chi connectivity index (χ0) is 19.1. The predicted molar refractivity (Wildman–Crippen MR) is 112 cm³/mol. The molecule has 8 heteroatoms. The average molecular weight is 410 g/mol. The molecule has 0 amide bonds. The molecule has 1 aliphatic carbocycles. The summed E-state index contributed by atoms with van der Waals surface area (Å²) in [6, 6.07) is 10.3. The first-order valence-electron chi connectivity index (χ1n) is 9.29. The number of aryl methyl sites for hydroxylation is 3. The third-order valence-electron chi connectivity index (χ3n) is 5.05. The van der Waals surface area contributed by atoms with Crippen LogP contribution in [-0.2, 0) is 25.1 Å². The Kier molecular flexibility index (Phi) is 4.52. The molecule has 0 fully saturated rings. The first-order chi connectivity index (χ1) is 13.7. The van der Waals surface area contributed by atoms with Gasteiger partial charge in [0.25, 0.3) is 5.56 Å². The number of nitrogens with zero attached hydrogens (tertiary/aromatic N) is 4. The summed E-state index contributed by atoms with van der Waals surface area (Å²) in [6.07, 6.45) is 3.21. The molecule has 1 N–H and O–H groups in total. The molecular weight excluding hydrogens is 390 g/mol. The van der Waals surface area contributed by atoms with Gasteiger partial charge in [0.1, 0.15) is 16.5 Å². The molecule has 0 spiro atoms. The SMILES string of the molecule is Cc1nnc(SCc2nc3sc4c(c3c(=O)[nH]2)CCC4)n1Cc1ccccc1. The van der Waals surface area contributed by atoms with Crippen molar-refractivity contribution in [1.29, 1.82) is 0 Å². The van der Waals surface area contributed by atoms with Gasteiger partial charge in [-0.05, 0) is 37.3 Å². The summed E-state index contributed by atoms with van der Waals surface area (Å²) in [4.78, 5) is 22.5. The molecule has 6 nitrogen and oxygen atoms in total. The highest BCUT2D eigenvalue weighted by Gasteiger charge is 2.21. The highest BCUT2D eigenvalue weighted by atomic mass is 32.2. The Morgan fingerprint density at radius 2 is 2.07 bits per heavy atom. The van der Waals surface area contributed by atoms with Crippen LogP contribution in [0.4, 0.5) is 0 Å². The van der Waals surface area contributed by atoms with Crippen LogP contribution in [0.25, 0.3) is 10.2 Å². The molecular formula is C20H19N5OS2. The number of fused-ring (bicyclic) bond motifs is 3. The molecule has 3 heterocycles. The third kappa shape index (κ3) is 3.16. The number of hydrogen-bond donors (Lipinski definition) is 1. The summed E-state index contributed by atoms with van der Waals surface area (Å²) >= 11 is 3.22. The largest absolute Gasteiger partial charge is 0.309 e. The van der Waals surface area contributed by atoms with Crippen LogP contribution in [0, 0.1) is 6.92 Å². The van der Waals surface area contributed by atoms with Gasteiger partial charge in [-0.25, -0.2) is 4.98 Å². The molecule has 142 valence electrons. The van der Waals surface area contributed by atoms with Crippen LogP contribution in [0.15, 0.2) is 40.3 Å². The van der Waals surface area contributed by atoms with Crippen molar-refractivity contribution >= 4 is 33.3 Å². The first-order valence-corrected chi connectivity index (χ1v) is 11.1. The summed E-state index contributed by atoms with van der Waals surface area (Å²) in [5, 5.41) is 10.2. The van der Waals surface area contributed by atoms with Crippen molar-refractivity contribution in [2.24, 2.45) is 0 Å². The van der Waals surface area contributed by atoms with Gasteiger partial charge in [-0.3, -0.25) is 4.79 Å². The number of aromatic nitrogens is 5. The van der Waals surface area contributed by atoms with Gasteiger partial charge in [-0.1, -0.05) is 42.1 Å². The van der Waals surface area contributed by atoms with Crippen molar-refractivity contribution in [3.8, 4) is 0 Å². The smallest absolute Gasteiger partial charge is 0.259 e. The summed E-state index contributed by atoms with van der Waals surface area (Å²) in [6.45, 7) is 2.68. The van der Waals surface area contributed by atoms with E-state index in [1.807, 2.05) is 25.1 Å². The number of aromatic amines is 1. The number of hydrogen-bond acceptors (Lipinski definition) is 6. The fraction of sp³-hybridized carbons (Fsp3) is 0.300. The zero-order valence-electron chi connectivity index (χ0n) is 15.4. The number of nitrogens with one attached hydrogen (secondary N) is 1. The minimum absolute atomic E-state index is 0.0121. The molecule has 0 aliphatic heterocycles. The van der Waals surface area contributed by atoms with Crippen molar-refractivity contribution in [2.45, 2.75) is 43.6 Å². The maximum atomic E-state index is 12.6. The Hall–Kier alpha value is -2.45. The molecule has 0 unspecified atom stereocenters. The topological polar surface area (TPSA) is 76.5 Å². The number of rotatable bonds is 5. The molecule has 1 aromatic carbocycles. The van der Waals surface area contributed by atoms with Crippen LogP contribution in [-0.4, -0.2) is 24.7 Å². The Balaban J connectivity index is 1.39. The Labute approximate surface area is 170 Å². The van der Waals surface area contributed by atoms with Crippen LogP contribution in [0.5, 0.6) is 0 Å². The molecule has 5 rings (SSSR count). The molecule has 28 heavy (non-hydrogen) atoms. The lowest BCUT2D eigenvalue weighted by atomic mass is 10.2. The van der Waals surface area contributed by atoms with E-state index in [9.17, 15) is 4.79 Å². The Bertz CT molecular complexity index is 1210. The normalized spacial score (nSPS) is 13.3. The Morgan fingerprint density at radius 3 is 2.93 bits per heavy atom. The van der Waals surface area contributed by atoms with Crippen molar-refractivity contribution < 1.29 is 0 Å². The van der Waals surface area contributed by atoms with Gasteiger partial charge >= 0.3 is 0 Å². The molecule has 0 radical (unpaired) electrons. The van der Waals surface area contributed by atoms with E-state index in [1.54, 1.807) is 23.1 Å². The maximum Gasteiger partial charge on any atom is 0.259 e. The third-order valence-corrected chi connectivity index (χ3v) is 7.21. The fourth-order valence-electron chi connectivity index (χ4n) is 3.66. The van der Waals surface area contributed by atoms with Crippen LogP contribution >= 0.6 is 23.1 Å². The molecule has 3 aromatic heterocycles. The van der Waals surface area contributed by atoms with Gasteiger partial charge in [-0.2, -0.15) is 0 Å². The van der Waals surface area contributed by atoms with Crippen LogP contribution in [0.1, 0.15) is 34.1 Å². The van der Waals surface area contributed by atoms with E-state index in [-0.39, 0.29) is 5.56 Å². The molecule has 0 saturated heterocycles. The van der Waals surface area contributed by atoms with E-state index in [4.69, 9.17) is 4.98 Å². The lowest BCUT2D eigenvalue weighted by Crippen LogP contribution is -2.11. The van der Waals surface area contributed by atoms with Gasteiger partial charge in [0.2, 0.25) is 0 Å². The summed E-state index contributed by atoms with van der Waals surface area (Å²) in [5.41, 5.74) is 2.40. The molecule has 4 aromatic rings. The minimum Gasteiger partial charge on any atom is -0.309 e. The highest BCUT2D eigenvalue weighted by Crippen LogP contribution is 2.34.